The summed E-state index contributed by atoms with van der Waals surface area (Å²) in [6.07, 6.45) is -1.24. The minimum atomic E-state index is -4.56. The van der Waals surface area contributed by atoms with Gasteiger partial charge in [0.1, 0.15) is 11.9 Å². The Morgan fingerprint density at radius 1 is 1.29 bits per heavy atom. The predicted molar refractivity (Wildman–Crippen MR) is 101 cm³/mol. The number of nitrogens with one attached hydrogen (secondary N) is 1. The van der Waals surface area contributed by atoms with Gasteiger partial charge >= 0.3 is 6.18 Å². The Morgan fingerprint density at radius 2 is 2.07 bits per heavy atom. The first-order valence-electron chi connectivity index (χ1n) is 8.91. The SMILES string of the molecule is CN(C)c1nccc(NC2CCCN(c3cccc(C(F)(F)F)c3C#N)C2)n1. The number of rotatable bonds is 4. The highest BCUT2D eigenvalue weighted by Crippen LogP contribution is 2.36. The van der Waals surface area contributed by atoms with Crippen molar-refractivity contribution < 1.29 is 13.2 Å². The Morgan fingerprint density at radius 3 is 2.75 bits per heavy atom. The number of aromatic nitrogens is 2. The molecule has 1 atom stereocenters. The lowest BCUT2D eigenvalue weighted by atomic mass is 10.0. The lowest BCUT2D eigenvalue weighted by molar-refractivity contribution is -0.137. The van der Waals surface area contributed by atoms with Crippen LogP contribution in [0.1, 0.15) is 24.0 Å². The van der Waals surface area contributed by atoms with E-state index in [0.717, 1.165) is 18.9 Å². The minimum absolute atomic E-state index is 0.000233. The topological polar surface area (TPSA) is 68.1 Å². The van der Waals surface area contributed by atoms with Crippen molar-refractivity contribution in [3.05, 3.63) is 41.6 Å². The number of benzene rings is 1. The van der Waals surface area contributed by atoms with Crippen LogP contribution >= 0.6 is 0 Å². The summed E-state index contributed by atoms with van der Waals surface area (Å²) in [5, 5.41) is 12.7. The molecule has 0 bridgehead atoms. The van der Waals surface area contributed by atoms with Crippen molar-refractivity contribution in [3.8, 4) is 6.07 Å². The molecule has 1 N–H and O–H groups in total. The van der Waals surface area contributed by atoms with E-state index in [1.807, 2.05) is 19.0 Å². The van der Waals surface area contributed by atoms with E-state index in [1.165, 1.54) is 6.07 Å². The van der Waals surface area contributed by atoms with Gasteiger partial charge < -0.3 is 15.1 Å². The van der Waals surface area contributed by atoms with Crippen molar-refractivity contribution in [3.63, 3.8) is 0 Å². The molecule has 1 fully saturated rings. The largest absolute Gasteiger partial charge is 0.417 e. The number of halogens is 3. The second-order valence-electron chi connectivity index (χ2n) is 6.88. The fraction of sp³-hybridized carbons (Fsp3) is 0.421. The maximum Gasteiger partial charge on any atom is 0.417 e. The standard InChI is InChI=1S/C19H21F3N6/c1-27(2)18-24-9-8-17(26-18)25-13-5-4-10-28(12-13)16-7-3-6-15(14(16)11-23)19(20,21)22/h3,6-9,13H,4-5,10,12H2,1-2H3,(H,24,25,26). The van der Waals surface area contributed by atoms with Crippen molar-refractivity contribution in [1.29, 1.82) is 5.26 Å². The maximum absolute atomic E-state index is 13.2. The van der Waals surface area contributed by atoms with E-state index in [1.54, 1.807) is 29.3 Å². The van der Waals surface area contributed by atoms with Gasteiger partial charge in [0.05, 0.1) is 16.8 Å². The van der Waals surface area contributed by atoms with Gasteiger partial charge in [0, 0.05) is 39.4 Å². The molecule has 0 radical (unpaired) electrons. The second kappa shape index (κ2) is 7.92. The lowest BCUT2D eigenvalue weighted by Gasteiger charge is -2.35. The first kappa shape index (κ1) is 19.7. The van der Waals surface area contributed by atoms with Gasteiger partial charge in [-0.05, 0) is 31.0 Å². The van der Waals surface area contributed by atoms with E-state index < -0.39 is 11.7 Å². The Balaban J connectivity index is 1.81. The zero-order valence-electron chi connectivity index (χ0n) is 15.7. The molecule has 9 heteroatoms. The minimum Gasteiger partial charge on any atom is -0.368 e. The van der Waals surface area contributed by atoms with Crippen LogP contribution in [-0.4, -0.2) is 43.2 Å². The van der Waals surface area contributed by atoms with Crippen LogP contribution in [0.3, 0.4) is 0 Å². The Labute approximate surface area is 161 Å². The van der Waals surface area contributed by atoms with Crippen molar-refractivity contribution >= 4 is 17.5 Å². The van der Waals surface area contributed by atoms with Crippen molar-refractivity contribution in [2.75, 3.05) is 42.3 Å². The van der Waals surface area contributed by atoms with E-state index in [4.69, 9.17) is 0 Å². The van der Waals surface area contributed by atoms with Gasteiger partial charge in [-0.15, -0.1) is 0 Å². The zero-order chi connectivity index (χ0) is 20.3. The van der Waals surface area contributed by atoms with E-state index in [-0.39, 0.29) is 11.6 Å². The molecule has 1 aromatic heterocycles. The number of piperidine rings is 1. The summed E-state index contributed by atoms with van der Waals surface area (Å²) < 4.78 is 39.7. The summed E-state index contributed by atoms with van der Waals surface area (Å²) in [5.74, 6) is 1.23. The molecule has 1 aromatic carbocycles. The molecule has 2 aromatic rings. The summed E-state index contributed by atoms with van der Waals surface area (Å²) in [6.45, 7) is 1.08. The van der Waals surface area contributed by atoms with Crippen LogP contribution in [0, 0.1) is 11.3 Å². The second-order valence-corrected chi connectivity index (χ2v) is 6.88. The first-order chi connectivity index (χ1) is 13.3. The molecule has 1 saturated heterocycles. The number of hydrogen-bond acceptors (Lipinski definition) is 6. The molecular weight excluding hydrogens is 369 g/mol. The smallest absolute Gasteiger partial charge is 0.368 e. The molecule has 0 spiro atoms. The van der Waals surface area contributed by atoms with E-state index in [9.17, 15) is 18.4 Å². The zero-order valence-corrected chi connectivity index (χ0v) is 15.7. The normalized spacial score (nSPS) is 17.1. The van der Waals surface area contributed by atoms with Crippen molar-refractivity contribution in [2.45, 2.75) is 25.1 Å². The van der Waals surface area contributed by atoms with Crippen LogP contribution in [0.2, 0.25) is 0 Å². The van der Waals surface area contributed by atoms with Crippen molar-refractivity contribution in [1.82, 2.24) is 9.97 Å². The van der Waals surface area contributed by atoms with E-state index >= 15 is 0 Å². The number of alkyl halides is 3. The molecule has 0 amide bonds. The third kappa shape index (κ3) is 4.27. The third-order valence-electron chi connectivity index (χ3n) is 4.62. The van der Waals surface area contributed by atoms with Gasteiger partial charge in [-0.25, -0.2) is 4.98 Å². The van der Waals surface area contributed by atoms with Crippen LogP contribution in [-0.2, 0) is 6.18 Å². The van der Waals surface area contributed by atoms with Gasteiger partial charge in [-0.2, -0.15) is 23.4 Å². The van der Waals surface area contributed by atoms with Crippen LogP contribution in [0.15, 0.2) is 30.5 Å². The lowest BCUT2D eigenvalue weighted by Crippen LogP contribution is -2.42. The highest BCUT2D eigenvalue weighted by molar-refractivity contribution is 5.63. The third-order valence-corrected chi connectivity index (χ3v) is 4.62. The average Bonchev–Trinajstić information content (AvgIpc) is 2.67. The molecule has 0 aliphatic carbocycles. The molecule has 1 unspecified atom stereocenters. The van der Waals surface area contributed by atoms with Crippen molar-refractivity contribution in [2.24, 2.45) is 0 Å². The fourth-order valence-corrected chi connectivity index (χ4v) is 3.32. The molecule has 3 rings (SSSR count). The summed E-state index contributed by atoms with van der Waals surface area (Å²) >= 11 is 0. The van der Waals surface area contributed by atoms with E-state index in [0.29, 0.717) is 30.5 Å². The number of nitriles is 1. The van der Waals surface area contributed by atoms with Crippen LogP contribution in [0.25, 0.3) is 0 Å². The Bertz CT molecular complexity index is 875. The quantitative estimate of drug-likeness (QED) is 0.862. The number of hydrogen-bond donors (Lipinski definition) is 1. The fourth-order valence-electron chi connectivity index (χ4n) is 3.32. The van der Waals surface area contributed by atoms with Gasteiger partial charge in [0.2, 0.25) is 5.95 Å². The Kier molecular flexibility index (Phi) is 5.58. The Hall–Kier alpha value is -3.02. The molecular formula is C19H21F3N6. The highest BCUT2D eigenvalue weighted by Gasteiger charge is 2.35. The summed E-state index contributed by atoms with van der Waals surface area (Å²) in [6, 6.07) is 7.38. The van der Waals surface area contributed by atoms with Gasteiger partial charge in [-0.1, -0.05) is 6.07 Å². The molecule has 1 aliphatic heterocycles. The molecule has 0 saturated carbocycles. The molecule has 148 valence electrons. The molecule has 1 aliphatic rings. The summed E-state index contributed by atoms with van der Waals surface area (Å²) in [7, 11) is 3.69. The van der Waals surface area contributed by atoms with Gasteiger partial charge in [0.15, 0.2) is 0 Å². The predicted octanol–water partition coefficient (Wildman–Crippen LogP) is 3.51. The molecule has 28 heavy (non-hydrogen) atoms. The monoisotopic (exact) mass is 390 g/mol. The highest BCUT2D eigenvalue weighted by atomic mass is 19.4. The average molecular weight is 390 g/mol. The maximum atomic E-state index is 13.2. The van der Waals surface area contributed by atoms with Crippen LogP contribution < -0.4 is 15.1 Å². The molecule has 2 heterocycles. The van der Waals surface area contributed by atoms with E-state index in [2.05, 4.69) is 15.3 Å². The summed E-state index contributed by atoms with van der Waals surface area (Å²) in [4.78, 5) is 12.2. The van der Waals surface area contributed by atoms with Gasteiger partial charge in [-0.3, -0.25) is 0 Å². The number of anilines is 3. The summed E-state index contributed by atoms with van der Waals surface area (Å²) in [5.41, 5.74) is -0.901. The molecule has 6 nitrogen and oxygen atoms in total. The van der Waals surface area contributed by atoms with Gasteiger partial charge in [0.25, 0.3) is 0 Å². The van der Waals surface area contributed by atoms with Crippen LogP contribution in [0.5, 0.6) is 0 Å². The van der Waals surface area contributed by atoms with Crippen LogP contribution in [0.4, 0.5) is 30.6 Å². The first-order valence-corrected chi connectivity index (χ1v) is 8.91. The number of nitrogens with zero attached hydrogens (tertiary/aromatic N) is 5.